The molecule has 2 aromatic heterocycles. The molecule has 0 aliphatic rings. The number of rotatable bonds is 6. The lowest BCUT2D eigenvalue weighted by Crippen LogP contribution is -2.11. The molecule has 0 spiro atoms. The van der Waals surface area contributed by atoms with Gasteiger partial charge in [0.15, 0.2) is 16.8 Å². The lowest BCUT2D eigenvalue weighted by molar-refractivity contribution is 0.0989. The summed E-state index contributed by atoms with van der Waals surface area (Å²) in [7, 11) is 1.91. The lowest BCUT2D eigenvalue weighted by Gasteiger charge is -2.15. The van der Waals surface area contributed by atoms with Gasteiger partial charge in [0, 0.05) is 30.6 Å². The van der Waals surface area contributed by atoms with Crippen LogP contribution in [0.15, 0.2) is 90.3 Å². The van der Waals surface area contributed by atoms with Crippen molar-refractivity contribution >= 4 is 17.5 Å². The first-order valence-corrected chi connectivity index (χ1v) is 9.72. The minimum Gasteiger partial charge on any atom is -0.305 e. The van der Waals surface area contributed by atoms with Gasteiger partial charge in [0.1, 0.15) is 5.25 Å². The third kappa shape index (κ3) is 3.73. The van der Waals surface area contributed by atoms with Crippen LogP contribution in [0.5, 0.6) is 0 Å². The Kier molecular flexibility index (Phi) is 5.30. The molecule has 0 radical (unpaired) electrons. The highest BCUT2D eigenvalue weighted by Gasteiger charge is 2.26. The Balaban J connectivity index is 1.69. The Morgan fingerprint density at radius 1 is 0.893 bits per heavy atom. The zero-order valence-corrected chi connectivity index (χ0v) is 16.1. The molecule has 6 heteroatoms. The molecule has 0 amide bonds. The van der Waals surface area contributed by atoms with E-state index in [2.05, 4.69) is 15.2 Å². The van der Waals surface area contributed by atoms with Crippen LogP contribution in [0.4, 0.5) is 0 Å². The number of benzene rings is 2. The molecule has 2 heterocycles. The number of nitrogens with zero attached hydrogens (tertiary/aromatic N) is 4. The number of hydrogen-bond acceptors (Lipinski definition) is 5. The summed E-state index contributed by atoms with van der Waals surface area (Å²) in [6, 6.07) is 22.9. The number of Topliss-reactive ketones (excluding diaryl/α,β-unsaturated/α-hetero) is 1. The second-order valence-electron chi connectivity index (χ2n) is 6.24. The van der Waals surface area contributed by atoms with Crippen LogP contribution in [0.3, 0.4) is 0 Å². The molecule has 4 aromatic rings. The van der Waals surface area contributed by atoms with Crippen LogP contribution in [-0.2, 0) is 7.05 Å². The molecule has 1 atom stereocenters. The summed E-state index contributed by atoms with van der Waals surface area (Å²) >= 11 is 1.41. The number of aromatic nitrogens is 4. The standard InChI is InChI=1S/C22H18N4OS/c1-26-21(18-12-14-23-15-13-18)24-25-22(26)28-20(17-10-6-3-7-11-17)19(27)16-8-4-2-5-9-16/h2-15,20H,1H3/t20-/m0/s1. The van der Waals surface area contributed by atoms with Gasteiger partial charge in [-0.1, -0.05) is 72.4 Å². The van der Waals surface area contributed by atoms with E-state index < -0.39 is 5.25 Å². The van der Waals surface area contributed by atoms with Crippen molar-refractivity contribution in [3.8, 4) is 11.4 Å². The predicted octanol–water partition coefficient (Wildman–Crippen LogP) is 4.59. The SMILES string of the molecule is Cn1c(S[C@H](C(=O)c2ccccc2)c2ccccc2)nnc1-c1ccncc1. The van der Waals surface area contributed by atoms with E-state index in [-0.39, 0.29) is 5.78 Å². The van der Waals surface area contributed by atoms with Gasteiger partial charge in [0.2, 0.25) is 0 Å². The molecule has 0 N–H and O–H groups in total. The fourth-order valence-corrected chi connectivity index (χ4v) is 4.01. The number of thioether (sulfide) groups is 1. The van der Waals surface area contributed by atoms with Crippen molar-refractivity contribution in [3.05, 3.63) is 96.3 Å². The first kappa shape index (κ1) is 18.1. The normalized spacial score (nSPS) is 11.9. The van der Waals surface area contributed by atoms with Gasteiger partial charge < -0.3 is 4.57 Å². The van der Waals surface area contributed by atoms with Crippen LogP contribution in [0.2, 0.25) is 0 Å². The zero-order valence-electron chi connectivity index (χ0n) is 15.3. The van der Waals surface area contributed by atoms with Gasteiger partial charge >= 0.3 is 0 Å². The molecule has 4 rings (SSSR count). The molecule has 0 aliphatic heterocycles. The van der Waals surface area contributed by atoms with Crippen molar-refractivity contribution in [1.29, 1.82) is 0 Å². The van der Waals surface area contributed by atoms with Crippen molar-refractivity contribution < 1.29 is 4.79 Å². The summed E-state index contributed by atoms with van der Waals surface area (Å²) in [6.45, 7) is 0. The molecule has 0 bridgehead atoms. The summed E-state index contributed by atoms with van der Waals surface area (Å²) in [5.41, 5.74) is 2.55. The average molecular weight is 386 g/mol. The van der Waals surface area contributed by atoms with Crippen LogP contribution in [0.1, 0.15) is 21.2 Å². The quantitative estimate of drug-likeness (QED) is 0.358. The zero-order chi connectivity index (χ0) is 19.3. The molecule has 0 unspecified atom stereocenters. The topological polar surface area (TPSA) is 60.7 Å². The first-order chi connectivity index (χ1) is 13.7. The second-order valence-corrected chi connectivity index (χ2v) is 7.31. The van der Waals surface area contributed by atoms with E-state index in [1.54, 1.807) is 12.4 Å². The largest absolute Gasteiger partial charge is 0.305 e. The molecule has 5 nitrogen and oxygen atoms in total. The number of carbonyl (C=O) groups excluding carboxylic acids is 1. The van der Waals surface area contributed by atoms with Gasteiger partial charge in [-0.15, -0.1) is 10.2 Å². The van der Waals surface area contributed by atoms with Gasteiger partial charge in [-0.25, -0.2) is 0 Å². The van der Waals surface area contributed by atoms with Crippen molar-refractivity contribution in [1.82, 2.24) is 19.7 Å². The number of ketones is 1. The van der Waals surface area contributed by atoms with Crippen LogP contribution in [0, 0.1) is 0 Å². The number of hydrogen-bond donors (Lipinski definition) is 0. The second kappa shape index (κ2) is 8.19. The van der Waals surface area contributed by atoms with E-state index in [1.165, 1.54) is 11.8 Å². The van der Waals surface area contributed by atoms with E-state index >= 15 is 0 Å². The molecule has 0 fully saturated rings. The van der Waals surface area contributed by atoms with Gasteiger partial charge in [-0.05, 0) is 17.7 Å². The highest BCUT2D eigenvalue weighted by Crippen LogP contribution is 2.37. The molecular weight excluding hydrogens is 368 g/mol. The van der Waals surface area contributed by atoms with Crippen LogP contribution in [-0.4, -0.2) is 25.5 Å². The van der Waals surface area contributed by atoms with Crippen molar-refractivity contribution in [2.45, 2.75) is 10.4 Å². The maximum atomic E-state index is 13.3. The minimum absolute atomic E-state index is 0.0465. The fourth-order valence-electron chi connectivity index (χ4n) is 2.93. The average Bonchev–Trinajstić information content (AvgIpc) is 3.13. The smallest absolute Gasteiger partial charge is 0.192 e. The molecular formula is C22H18N4OS. The van der Waals surface area contributed by atoms with E-state index in [0.29, 0.717) is 10.7 Å². The highest BCUT2D eigenvalue weighted by molar-refractivity contribution is 8.00. The molecule has 0 saturated carbocycles. The molecule has 28 heavy (non-hydrogen) atoms. The monoisotopic (exact) mass is 386 g/mol. The summed E-state index contributed by atoms with van der Waals surface area (Å²) in [5, 5.41) is 8.93. The first-order valence-electron chi connectivity index (χ1n) is 8.84. The van der Waals surface area contributed by atoms with Gasteiger partial charge in [-0.3, -0.25) is 9.78 Å². The molecule has 138 valence electrons. The Hall–Kier alpha value is -3.25. The summed E-state index contributed by atoms with van der Waals surface area (Å²) in [6.07, 6.45) is 3.45. The van der Waals surface area contributed by atoms with Crippen LogP contribution in [0.25, 0.3) is 11.4 Å². The van der Waals surface area contributed by atoms with Gasteiger partial charge in [0.25, 0.3) is 0 Å². The highest BCUT2D eigenvalue weighted by atomic mass is 32.2. The Bertz CT molecular complexity index is 1070. The van der Waals surface area contributed by atoms with Gasteiger partial charge in [-0.2, -0.15) is 0 Å². The van der Waals surface area contributed by atoms with Crippen LogP contribution < -0.4 is 0 Å². The summed E-state index contributed by atoms with van der Waals surface area (Å²) in [5.74, 6) is 0.786. The summed E-state index contributed by atoms with van der Waals surface area (Å²) in [4.78, 5) is 17.3. The number of pyridine rings is 1. The van der Waals surface area contributed by atoms with Gasteiger partial charge in [0.05, 0.1) is 0 Å². The Morgan fingerprint density at radius 2 is 1.54 bits per heavy atom. The van der Waals surface area contributed by atoms with E-state index in [4.69, 9.17) is 0 Å². The van der Waals surface area contributed by atoms with Crippen molar-refractivity contribution in [2.75, 3.05) is 0 Å². The van der Waals surface area contributed by atoms with E-state index in [0.717, 1.165) is 17.0 Å². The Morgan fingerprint density at radius 3 is 2.21 bits per heavy atom. The van der Waals surface area contributed by atoms with Crippen LogP contribution >= 0.6 is 11.8 Å². The fraction of sp³-hybridized carbons (Fsp3) is 0.0909. The summed E-state index contributed by atoms with van der Waals surface area (Å²) < 4.78 is 1.91. The molecule has 0 aliphatic carbocycles. The maximum absolute atomic E-state index is 13.3. The van der Waals surface area contributed by atoms with Crippen molar-refractivity contribution in [2.24, 2.45) is 7.05 Å². The predicted molar refractivity (Wildman–Crippen MR) is 110 cm³/mol. The molecule has 0 saturated heterocycles. The third-order valence-corrected chi connectivity index (χ3v) is 5.68. The number of carbonyl (C=O) groups is 1. The maximum Gasteiger partial charge on any atom is 0.192 e. The minimum atomic E-state index is -0.406. The Labute approximate surface area is 167 Å². The van der Waals surface area contributed by atoms with E-state index in [1.807, 2.05) is 84.4 Å². The lowest BCUT2D eigenvalue weighted by atomic mass is 10.0. The third-order valence-electron chi connectivity index (χ3n) is 4.40. The van der Waals surface area contributed by atoms with E-state index in [9.17, 15) is 4.79 Å². The van der Waals surface area contributed by atoms with Crippen molar-refractivity contribution in [3.63, 3.8) is 0 Å². The molecule has 2 aromatic carbocycles.